The summed E-state index contributed by atoms with van der Waals surface area (Å²) in [5, 5.41) is 4.59. The zero-order chi connectivity index (χ0) is 9.42. The Morgan fingerprint density at radius 2 is 2.38 bits per heavy atom. The van der Waals surface area contributed by atoms with Crippen LogP contribution in [0.2, 0.25) is 5.15 Å². The van der Waals surface area contributed by atoms with Gasteiger partial charge in [-0.25, -0.2) is 14.5 Å². The Labute approximate surface area is 88.1 Å². The summed E-state index contributed by atoms with van der Waals surface area (Å²) in [6.07, 6.45) is 2.35. The van der Waals surface area contributed by atoms with Gasteiger partial charge < -0.3 is 0 Å². The lowest BCUT2D eigenvalue weighted by Crippen LogP contribution is -1.91. The molecule has 0 saturated heterocycles. The molecule has 2 rings (SSSR count). The molecule has 0 aliphatic carbocycles. The SMILES string of the molecule is CCc1nc2c(Br)c(Cl)ncn2n1. The summed E-state index contributed by atoms with van der Waals surface area (Å²) in [6.45, 7) is 2.00. The van der Waals surface area contributed by atoms with Crippen LogP contribution in [0.3, 0.4) is 0 Å². The van der Waals surface area contributed by atoms with Gasteiger partial charge in [-0.2, -0.15) is 0 Å². The van der Waals surface area contributed by atoms with E-state index < -0.39 is 0 Å². The van der Waals surface area contributed by atoms with Gasteiger partial charge in [0.2, 0.25) is 0 Å². The van der Waals surface area contributed by atoms with Crippen molar-refractivity contribution in [2.45, 2.75) is 13.3 Å². The summed E-state index contributed by atoms with van der Waals surface area (Å²) in [4.78, 5) is 8.21. The van der Waals surface area contributed by atoms with Crippen molar-refractivity contribution < 1.29 is 0 Å². The average Bonchev–Trinajstić information content (AvgIpc) is 2.55. The molecule has 2 heterocycles. The van der Waals surface area contributed by atoms with Crippen LogP contribution in [0.25, 0.3) is 5.65 Å². The number of aryl methyl sites for hydroxylation is 1. The van der Waals surface area contributed by atoms with E-state index in [0.29, 0.717) is 15.3 Å². The van der Waals surface area contributed by atoms with Crippen LogP contribution in [0.15, 0.2) is 10.8 Å². The van der Waals surface area contributed by atoms with Gasteiger partial charge in [-0.3, -0.25) is 0 Å². The molecule has 4 nitrogen and oxygen atoms in total. The first-order valence-corrected chi connectivity index (χ1v) is 4.94. The summed E-state index contributed by atoms with van der Waals surface area (Å²) < 4.78 is 2.29. The second kappa shape index (κ2) is 3.23. The van der Waals surface area contributed by atoms with Crippen molar-refractivity contribution in [2.24, 2.45) is 0 Å². The first-order valence-electron chi connectivity index (χ1n) is 3.77. The zero-order valence-electron chi connectivity index (χ0n) is 6.83. The minimum absolute atomic E-state index is 0.405. The monoisotopic (exact) mass is 260 g/mol. The van der Waals surface area contributed by atoms with Crippen LogP contribution in [0, 0.1) is 0 Å². The maximum atomic E-state index is 5.80. The minimum Gasteiger partial charge on any atom is -0.223 e. The Morgan fingerprint density at radius 1 is 1.62 bits per heavy atom. The van der Waals surface area contributed by atoms with E-state index >= 15 is 0 Å². The van der Waals surface area contributed by atoms with Crippen LogP contribution >= 0.6 is 27.5 Å². The lowest BCUT2D eigenvalue weighted by Gasteiger charge is -1.94. The highest BCUT2D eigenvalue weighted by molar-refractivity contribution is 9.10. The lowest BCUT2D eigenvalue weighted by atomic mass is 10.5. The Bertz CT molecular complexity index is 453. The summed E-state index contributed by atoms with van der Waals surface area (Å²) in [5.41, 5.74) is 0.705. The maximum Gasteiger partial charge on any atom is 0.174 e. The number of rotatable bonds is 1. The van der Waals surface area contributed by atoms with Gasteiger partial charge in [-0.15, -0.1) is 5.10 Å². The van der Waals surface area contributed by atoms with E-state index in [1.54, 1.807) is 10.8 Å². The molecule has 0 aliphatic rings. The Hall–Kier alpha value is -0.680. The number of hydrogen-bond donors (Lipinski definition) is 0. The van der Waals surface area contributed by atoms with Gasteiger partial charge in [0.1, 0.15) is 11.5 Å². The molecule has 0 aliphatic heterocycles. The minimum atomic E-state index is 0.405. The highest BCUT2D eigenvalue weighted by Crippen LogP contribution is 2.23. The molecule has 0 N–H and O–H groups in total. The molecule has 2 aromatic heterocycles. The third-order valence-electron chi connectivity index (χ3n) is 1.65. The Kier molecular flexibility index (Phi) is 2.21. The van der Waals surface area contributed by atoms with E-state index in [1.807, 2.05) is 6.92 Å². The molecule has 2 aromatic rings. The second-order valence-corrected chi connectivity index (χ2v) is 3.65. The van der Waals surface area contributed by atoms with Crippen molar-refractivity contribution in [3.63, 3.8) is 0 Å². The lowest BCUT2D eigenvalue weighted by molar-refractivity contribution is 0.865. The maximum absolute atomic E-state index is 5.80. The molecule has 0 saturated carbocycles. The molecule has 0 radical (unpaired) electrons. The zero-order valence-corrected chi connectivity index (χ0v) is 9.17. The summed E-state index contributed by atoms with van der Waals surface area (Å²) in [7, 11) is 0. The van der Waals surface area contributed by atoms with E-state index in [2.05, 4.69) is 31.0 Å². The molecule has 13 heavy (non-hydrogen) atoms. The van der Waals surface area contributed by atoms with E-state index in [0.717, 1.165) is 12.2 Å². The van der Waals surface area contributed by atoms with Gasteiger partial charge in [0.15, 0.2) is 11.5 Å². The van der Waals surface area contributed by atoms with Crippen molar-refractivity contribution in [3.8, 4) is 0 Å². The highest BCUT2D eigenvalue weighted by Gasteiger charge is 2.08. The standard InChI is InChI=1S/C7H6BrClN4/c1-2-4-11-7-5(8)6(9)10-3-13(7)12-4/h3H,2H2,1H3. The van der Waals surface area contributed by atoms with Gasteiger partial charge >= 0.3 is 0 Å². The van der Waals surface area contributed by atoms with Crippen LogP contribution in [-0.4, -0.2) is 19.6 Å². The average molecular weight is 262 g/mol. The first kappa shape index (κ1) is 8.90. The molecule has 0 spiro atoms. The molecule has 0 amide bonds. The smallest absolute Gasteiger partial charge is 0.174 e. The molecule has 0 aromatic carbocycles. The first-order chi connectivity index (χ1) is 6.22. The normalized spacial score (nSPS) is 11.0. The largest absolute Gasteiger partial charge is 0.223 e. The van der Waals surface area contributed by atoms with E-state index in [4.69, 9.17) is 11.6 Å². The van der Waals surface area contributed by atoms with Gasteiger partial charge in [0, 0.05) is 6.42 Å². The topological polar surface area (TPSA) is 43.1 Å². The molecule has 0 unspecified atom stereocenters. The fraction of sp³-hybridized carbons (Fsp3) is 0.286. The summed E-state index contributed by atoms with van der Waals surface area (Å²) in [6, 6.07) is 0. The number of halogens is 2. The number of fused-ring (bicyclic) bond motifs is 1. The fourth-order valence-electron chi connectivity index (χ4n) is 1.00. The fourth-order valence-corrected chi connectivity index (χ4v) is 1.50. The van der Waals surface area contributed by atoms with Crippen molar-refractivity contribution in [1.82, 2.24) is 19.6 Å². The van der Waals surface area contributed by atoms with Crippen molar-refractivity contribution >= 4 is 33.2 Å². The predicted octanol–water partition coefficient (Wildman–Crippen LogP) is 2.10. The highest BCUT2D eigenvalue weighted by atomic mass is 79.9. The number of nitrogens with zero attached hydrogens (tertiary/aromatic N) is 4. The van der Waals surface area contributed by atoms with Crippen LogP contribution in [0.4, 0.5) is 0 Å². The van der Waals surface area contributed by atoms with Gasteiger partial charge in [0.05, 0.1) is 4.47 Å². The van der Waals surface area contributed by atoms with Crippen LogP contribution < -0.4 is 0 Å². The van der Waals surface area contributed by atoms with Gasteiger partial charge in [-0.1, -0.05) is 18.5 Å². The van der Waals surface area contributed by atoms with Crippen molar-refractivity contribution in [1.29, 1.82) is 0 Å². The molecule has 0 bridgehead atoms. The molecule has 68 valence electrons. The Morgan fingerprint density at radius 3 is 3.08 bits per heavy atom. The van der Waals surface area contributed by atoms with Gasteiger partial charge in [-0.05, 0) is 15.9 Å². The van der Waals surface area contributed by atoms with E-state index in [-0.39, 0.29) is 0 Å². The molecule has 0 fully saturated rings. The van der Waals surface area contributed by atoms with Crippen LogP contribution in [0.5, 0.6) is 0 Å². The molecule has 0 atom stereocenters. The molecular formula is C7H6BrClN4. The van der Waals surface area contributed by atoms with Crippen LogP contribution in [-0.2, 0) is 6.42 Å². The quantitative estimate of drug-likeness (QED) is 0.738. The molecular weight excluding hydrogens is 255 g/mol. The van der Waals surface area contributed by atoms with E-state index in [1.165, 1.54) is 0 Å². The summed E-state index contributed by atoms with van der Waals surface area (Å²) in [5.74, 6) is 0.782. The van der Waals surface area contributed by atoms with Crippen molar-refractivity contribution in [3.05, 3.63) is 21.8 Å². The second-order valence-electron chi connectivity index (χ2n) is 2.50. The number of aromatic nitrogens is 4. The predicted molar refractivity (Wildman–Crippen MR) is 52.9 cm³/mol. The number of hydrogen-bond acceptors (Lipinski definition) is 3. The Balaban J connectivity index is 2.76. The van der Waals surface area contributed by atoms with Crippen molar-refractivity contribution in [2.75, 3.05) is 0 Å². The molecule has 6 heteroatoms. The summed E-state index contributed by atoms with van der Waals surface area (Å²) >= 11 is 9.11. The van der Waals surface area contributed by atoms with E-state index in [9.17, 15) is 0 Å². The van der Waals surface area contributed by atoms with Crippen LogP contribution in [0.1, 0.15) is 12.7 Å². The third kappa shape index (κ3) is 1.42. The van der Waals surface area contributed by atoms with Gasteiger partial charge in [0.25, 0.3) is 0 Å². The third-order valence-corrected chi connectivity index (χ3v) is 2.89.